The van der Waals surface area contributed by atoms with E-state index < -0.39 is 69.5 Å². The van der Waals surface area contributed by atoms with Crippen LogP contribution in [0.1, 0.15) is 44.9 Å². The normalized spacial score (nSPS) is 20.7. The second-order valence-corrected chi connectivity index (χ2v) is 14.6. The molecule has 18 nitrogen and oxygen atoms in total. The molecule has 0 radical (unpaired) electrons. The molecule has 270 valence electrons. The molecule has 4 atom stereocenters. The Bertz CT molecular complexity index is 1960. The summed E-state index contributed by atoms with van der Waals surface area (Å²) in [5, 5.41) is 26.1. The van der Waals surface area contributed by atoms with Crippen molar-refractivity contribution < 1.29 is 56.1 Å². The Morgan fingerprint density at radius 2 is 2.06 bits per heavy atom. The fourth-order valence-electron chi connectivity index (χ4n) is 5.80. The van der Waals surface area contributed by atoms with Gasteiger partial charge in [-0.3, -0.25) is 9.59 Å². The predicted molar refractivity (Wildman–Crippen MR) is 174 cm³/mol. The third-order valence-electron chi connectivity index (χ3n) is 8.85. The zero-order valence-electron chi connectivity index (χ0n) is 27.5. The number of hydrogen-bond acceptors (Lipinski definition) is 15. The number of Topliss-reactive ketones (excluding diaryl/α,β-unsaturated/α-hetero) is 1. The van der Waals surface area contributed by atoms with Gasteiger partial charge in [-0.25, -0.2) is 18.2 Å². The van der Waals surface area contributed by atoms with Gasteiger partial charge in [0.1, 0.15) is 18.0 Å². The minimum absolute atomic E-state index is 0.0349. The number of nitrogens with two attached hydrogens (primary N) is 2. The van der Waals surface area contributed by atoms with Crippen LogP contribution in [0.3, 0.4) is 0 Å². The number of fused-ring (bicyclic) bond motifs is 1. The first-order valence-corrected chi connectivity index (χ1v) is 17.5. The highest BCUT2D eigenvalue weighted by molar-refractivity contribution is 7.80. The van der Waals surface area contributed by atoms with Crippen LogP contribution >= 0.6 is 11.3 Å². The topological polar surface area (TPSA) is 266 Å². The van der Waals surface area contributed by atoms with Gasteiger partial charge < -0.3 is 35.8 Å². The molecule has 0 aliphatic carbocycles. The summed E-state index contributed by atoms with van der Waals surface area (Å²) < 4.78 is 47.3. The molecule has 2 aliphatic rings. The van der Waals surface area contributed by atoms with Gasteiger partial charge in [-0.1, -0.05) is 11.2 Å². The maximum Gasteiger partial charge on any atom is 0.354 e. The zero-order valence-corrected chi connectivity index (χ0v) is 29.1. The quantitative estimate of drug-likeness (QED) is 0.0420. The summed E-state index contributed by atoms with van der Waals surface area (Å²) in [6.45, 7) is 4.51. The van der Waals surface area contributed by atoms with Crippen molar-refractivity contribution in [1.82, 2.24) is 14.7 Å². The standard InChI is InChI=1S/C30H37N7O11S2/c1-29(2)20(26(40)37(29)48-50(43,44)45)10-22(39)25(21-15-49-28(32)33-21)34-47-30(3,27(41)42)24-8-6-17-9-16(5-7-23(17)46-24)18-12-35(4)36(13-18)14-19(38)11-31/h5,7,9,12-13,15,19-20,24,38H,6,8,10-11,14,31H2,1-4H3,(H3-,32,33,41,42,43,44,45)/b34-25-/t19-,20?,24?,30+/m1/s1. The monoisotopic (exact) mass is 735 g/mol. The first kappa shape index (κ1) is 36.8. The highest BCUT2D eigenvalue weighted by atomic mass is 32.3. The summed E-state index contributed by atoms with van der Waals surface area (Å²) in [7, 11) is -3.41. The van der Waals surface area contributed by atoms with Gasteiger partial charge in [0.25, 0.3) is 11.5 Å². The summed E-state index contributed by atoms with van der Waals surface area (Å²) in [4.78, 5) is 48.6. The highest BCUT2D eigenvalue weighted by Crippen LogP contribution is 2.41. The molecule has 6 N–H and O–H groups in total. The lowest BCUT2D eigenvalue weighted by atomic mass is 9.74. The number of β-lactam (4-membered cyclic amide) rings is 1. The van der Waals surface area contributed by atoms with Gasteiger partial charge in [-0.2, -0.15) is 14.0 Å². The molecule has 0 spiro atoms. The van der Waals surface area contributed by atoms with Crippen LogP contribution in [0.15, 0.2) is 41.1 Å². The number of nitrogens with zero attached hydrogens (tertiary/aromatic N) is 5. The van der Waals surface area contributed by atoms with Crippen LogP contribution in [-0.2, 0) is 53.9 Å². The van der Waals surface area contributed by atoms with E-state index >= 15 is 0 Å². The first-order chi connectivity index (χ1) is 23.3. The third-order valence-corrected chi connectivity index (χ3v) is 9.86. The maximum atomic E-state index is 13.6. The van der Waals surface area contributed by atoms with Crippen LogP contribution < -0.4 is 20.9 Å². The van der Waals surface area contributed by atoms with Crippen molar-refractivity contribution in [2.24, 2.45) is 23.9 Å². The molecule has 0 bridgehead atoms. The molecule has 20 heteroatoms. The number of benzene rings is 1. The van der Waals surface area contributed by atoms with Crippen LogP contribution in [0.25, 0.3) is 11.1 Å². The number of aromatic nitrogens is 3. The van der Waals surface area contributed by atoms with Crippen molar-refractivity contribution in [2.75, 3.05) is 12.3 Å². The molecule has 1 amide bonds. The number of aryl methyl sites for hydroxylation is 2. The minimum atomic E-state index is -5.26. The van der Waals surface area contributed by atoms with E-state index in [9.17, 15) is 37.6 Å². The summed E-state index contributed by atoms with van der Waals surface area (Å²) in [5.74, 6) is -3.82. The summed E-state index contributed by atoms with van der Waals surface area (Å²) in [5.41, 5.74) is 10.00. The van der Waals surface area contributed by atoms with Gasteiger partial charge >= 0.3 is 5.97 Å². The lowest BCUT2D eigenvalue weighted by molar-refractivity contribution is -0.754. The largest absolute Gasteiger partial charge is 0.724 e. The van der Waals surface area contributed by atoms with E-state index in [0.29, 0.717) is 23.8 Å². The van der Waals surface area contributed by atoms with Gasteiger partial charge in [0.2, 0.25) is 16.6 Å². The second-order valence-electron chi connectivity index (χ2n) is 12.7. The Hall–Kier alpha value is -4.47. The van der Waals surface area contributed by atoms with Crippen molar-refractivity contribution in [3.8, 4) is 16.9 Å². The molecule has 1 fully saturated rings. The number of oxime groups is 1. The van der Waals surface area contributed by atoms with Gasteiger partial charge in [-0.05, 0) is 56.9 Å². The maximum absolute atomic E-state index is 13.6. The number of hydrogen-bond donors (Lipinski definition) is 4. The SMILES string of the molecule is C[n+]1cc(-c2ccc3c(c2)CCC([C@](C)(O/N=C(\C(=O)CC2C(=O)N(OS(=O)(=O)[O-])C2(C)C)c2csc(N)n2)C(=O)O)O3)cn1C[C@H](O)CN. The summed E-state index contributed by atoms with van der Waals surface area (Å²) >= 11 is 0.982. The fourth-order valence-corrected chi connectivity index (χ4v) is 6.79. The molecule has 4 heterocycles. The molecular formula is C30H37N7O11S2. The third kappa shape index (κ3) is 7.35. The predicted octanol–water partition coefficient (Wildman–Crippen LogP) is -0.116. The van der Waals surface area contributed by atoms with Crippen LogP contribution in [0.4, 0.5) is 5.13 Å². The van der Waals surface area contributed by atoms with Crippen LogP contribution in [0.2, 0.25) is 0 Å². The fraction of sp³-hybridized carbons (Fsp3) is 0.467. The van der Waals surface area contributed by atoms with Gasteiger partial charge in [0.15, 0.2) is 29.8 Å². The van der Waals surface area contributed by atoms with E-state index in [2.05, 4.69) is 14.4 Å². The summed E-state index contributed by atoms with van der Waals surface area (Å²) in [6, 6.07) is 5.49. The number of hydroxylamine groups is 2. The van der Waals surface area contributed by atoms with Gasteiger partial charge in [0.05, 0.1) is 29.3 Å². The number of nitrogen functional groups attached to an aromatic ring is 1. The van der Waals surface area contributed by atoms with E-state index in [1.807, 2.05) is 40.9 Å². The number of aliphatic hydroxyl groups excluding tert-OH is 1. The number of carboxylic acid groups (broad SMARTS) is 1. The van der Waals surface area contributed by atoms with E-state index in [1.54, 1.807) is 6.07 Å². The van der Waals surface area contributed by atoms with Crippen molar-refractivity contribution in [1.29, 1.82) is 0 Å². The smallest absolute Gasteiger partial charge is 0.354 e. The van der Waals surface area contributed by atoms with E-state index in [1.165, 1.54) is 26.2 Å². The molecule has 2 aromatic heterocycles. The number of amides is 1. The Morgan fingerprint density at radius 1 is 1.34 bits per heavy atom. The number of ketones is 1. The first-order valence-electron chi connectivity index (χ1n) is 15.3. The molecule has 5 rings (SSSR count). The van der Waals surface area contributed by atoms with Crippen molar-refractivity contribution in [2.45, 2.75) is 69.9 Å². The number of ether oxygens (including phenoxy) is 1. The molecule has 0 saturated carbocycles. The number of aliphatic carboxylic acids is 1. The van der Waals surface area contributed by atoms with Crippen molar-refractivity contribution in [3.05, 3.63) is 47.2 Å². The lowest BCUT2D eigenvalue weighted by Crippen LogP contribution is -2.68. The number of carboxylic acids is 1. The Morgan fingerprint density at radius 3 is 2.66 bits per heavy atom. The summed E-state index contributed by atoms with van der Waals surface area (Å²) in [6.07, 6.45) is 2.15. The van der Waals surface area contributed by atoms with Crippen LogP contribution in [-0.4, -0.2) is 91.2 Å². The number of carbonyl (C=O) groups is 3. The highest BCUT2D eigenvalue weighted by Gasteiger charge is 2.57. The lowest BCUT2D eigenvalue weighted by Gasteiger charge is -2.51. The minimum Gasteiger partial charge on any atom is -0.724 e. The number of aliphatic hydroxyl groups is 1. The average molecular weight is 736 g/mol. The van der Waals surface area contributed by atoms with Crippen molar-refractivity contribution >= 4 is 50.2 Å². The van der Waals surface area contributed by atoms with Crippen LogP contribution in [0.5, 0.6) is 5.75 Å². The van der Waals surface area contributed by atoms with Crippen LogP contribution in [0, 0.1) is 5.92 Å². The van der Waals surface area contributed by atoms with E-state index in [-0.39, 0.29) is 23.8 Å². The molecule has 1 aromatic carbocycles. The van der Waals surface area contributed by atoms with Gasteiger partial charge in [-0.15, -0.1) is 16.0 Å². The molecule has 50 heavy (non-hydrogen) atoms. The number of rotatable bonds is 14. The van der Waals surface area contributed by atoms with E-state index in [4.69, 9.17) is 21.0 Å². The Kier molecular flexibility index (Phi) is 10.1. The second kappa shape index (κ2) is 13.7. The molecule has 1 saturated heterocycles. The zero-order chi connectivity index (χ0) is 36.8. The van der Waals surface area contributed by atoms with E-state index in [0.717, 1.165) is 28.0 Å². The number of thiazole rings is 1. The molecule has 3 aromatic rings. The molecule has 2 unspecified atom stereocenters. The Labute approximate surface area is 290 Å². The average Bonchev–Trinajstić information content (AvgIpc) is 3.65. The number of carbonyl (C=O) groups excluding carboxylic acids is 2. The van der Waals surface area contributed by atoms with Gasteiger partial charge in [0, 0.05) is 18.3 Å². The molecule has 2 aliphatic heterocycles. The molecular weight excluding hydrogens is 699 g/mol. The Balaban J connectivity index is 1.36. The number of anilines is 1. The van der Waals surface area contributed by atoms with Crippen molar-refractivity contribution in [3.63, 3.8) is 0 Å².